The van der Waals surface area contributed by atoms with E-state index in [0.717, 1.165) is 11.3 Å². The number of hydrogen-bond donors (Lipinski definition) is 0. The first-order chi connectivity index (χ1) is 22.3. The summed E-state index contributed by atoms with van der Waals surface area (Å²) in [4.78, 5) is 0. The summed E-state index contributed by atoms with van der Waals surface area (Å²) in [5.41, 5.74) is 9.07. The zero-order valence-electron chi connectivity index (χ0n) is 27.2. The highest BCUT2D eigenvalue weighted by Crippen LogP contribution is 2.55. The van der Waals surface area contributed by atoms with Gasteiger partial charge in [-0.3, -0.25) is 0 Å². The Bertz CT molecular complexity index is 1370. The summed E-state index contributed by atoms with van der Waals surface area (Å²) in [6.45, 7) is 2.35. The number of hydrogen-bond acceptors (Lipinski definition) is 0. The summed E-state index contributed by atoms with van der Waals surface area (Å²) in [6, 6.07) is 52.9. The van der Waals surface area contributed by atoms with Gasteiger partial charge >= 0.3 is 0 Å². The maximum absolute atomic E-state index is 2.48. The van der Waals surface area contributed by atoms with Gasteiger partial charge < -0.3 is 0 Å². The van der Waals surface area contributed by atoms with Gasteiger partial charge in [-0.05, 0) is 69.9 Å². The van der Waals surface area contributed by atoms with E-state index in [1.807, 2.05) is 0 Å². The summed E-state index contributed by atoms with van der Waals surface area (Å²) in [5, 5.41) is 1.79. The lowest BCUT2D eigenvalue weighted by Gasteiger charge is -2.44. The van der Waals surface area contributed by atoms with Crippen molar-refractivity contribution in [2.24, 2.45) is 0 Å². The molecule has 7 rings (SSSR count). The van der Waals surface area contributed by atoms with E-state index in [4.69, 9.17) is 0 Å². The van der Waals surface area contributed by atoms with Crippen LogP contribution in [-0.4, -0.2) is 17.5 Å². The fourth-order valence-corrected chi connectivity index (χ4v) is 13.1. The molecule has 0 unspecified atom stereocenters. The first kappa shape index (κ1) is 31.6. The summed E-state index contributed by atoms with van der Waals surface area (Å²) in [6.07, 6.45) is 13.9. The molecule has 230 valence electrons. The van der Waals surface area contributed by atoms with Crippen LogP contribution in [0.15, 0.2) is 146 Å². The van der Waals surface area contributed by atoms with Gasteiger partial charge in [0.1, 0.15) is 6.15 Å². The Labute approximate surface area is 274 Å². The lowest BCUT2D eigenvalue weighted by atomic mass is 9.13. The molecule has 0 aliphatic heterocycles. The Balaban J connectivity index is 0.000000163. The monoisotopic (exact) mass is 608 g/mol. The molecule has 0 amide bonds. The van der Waals surface area contributed by atoms with Crippen molar-refractivity contribution < 1.29 is 0 Å². The molecule has 0 nitrogen and oxygen atoms in total. The smallest absolute Gasteiger partial charge is 0.108 e. The summed E-state index contributed by atoms with van der Waals surface area (Å²) >= 11 is 0. The van der Waals surface area contributed by atoms with Crippen LogP contribution in [0.1, 0.15) is 69.8 Å². The van der Waals surface area contributed by atoms with Crippen LogP contribution in [0.4, 0.5) is 0 Å². The molecular formula is C43H50BP. The molecular weight excluding hydrogens is 558 g/mol. The molecule has 5 aromatic carbocycles. The lowest BCUT2D eigenvalue weighted by molar-refractivity contribution is 0.487. The molecule has 0 heterocycles. The Morgan fingerprint density at radius 2 is 0.711 bits per heavy atom. The van der Waals surface area contributed by atoms with Gasteiger partial charge in [0, 0.05) is 7.92 Å². The van der Waals surface area contributed by atoms with Gasteiger partial charge in [0.25, 0.3) is 0 Å². The van der Waals surface area contributed by atoms with Crippen LogP contribution in [0, 0.1) is 6.92 Å². The molecule has 0 atom stereocenters. The van der Waals surface area contributed by atoms with Gasteiger partial charge in [0.2, 0.25) is 0 Å². The van der Waals surface area contributed by atoms with E-state index in [9.17, 15) is 0 Å². The van der Waals surface area contributed by atoms with Crippen molar-refractivity contribution in [2.75, 3.05) is 0 Å². The molecule has 2 heteroatoms. The highest BCUT2D eigenvalue weighted by molar-refractivity contribution is 7.67. The second-order valence-electron chi connectivity index (χ2n) is 13.4. The van der Waals surface area contributed by atoms with Crippen molar-refractivity contribution in [2.45, 2.75) is 82.4 Å². The quantitative estimate of drug-likeness (QED) is 0.128. The van der Waals surface area contributed by atoms with Crippen LogP contribution in [0.25, 0.3) is 0 Å². The van der Waals surface area contributed by atoms with E-state index in [2.05, 4.69) is 153 Å². The SMILES string of the molecule is Cc1ccccc1[PH+](C1CCCCC1)C1CCCCC1.c1ccc([B-](c2ccccc2)(c2ccccc2)c2ccccc2)cc1. The minimum Gasteiger partial charge on any atom is -0.195 e. The van der Waals surface area contributed by atoms with Crippen LogP contribution in [-0.2, 0) is 0 Å². The standard InChI is InChI=1S/C24H20B.C19H29P/c1-5-13-21(14-6-1)25(22-15-7-2-8-16-22,23-17-9-3-10-18-23)24-19-11-4-12-20-24;1-16-10-8-9-15-19(16)20(17-11-4-2-5-12-17)18-13-6-3-7-14-18/h1-20H;8-10,15,17-18H,2-7,11-14H2,1H3/q-1;/p+1. The van der Waals surface area contributed by atoms with E-state index >= 15 is 0 Å². The summed E-state index contributed by atoms with van der Waals surface area (Å²) in [5.74, 6) is 0. The van der Waals surface area contributed by atoms with E-state index < -0.39 is 6.15 Å². The Morgan fingerprint density at radius 3 is 1.04 bits per heavy atom. The molecule has 2 fully saturated rings. The minimum absolute atomic E-state index is 0.354. The molecule has 0 radical (unpaired) electrons. The zero-order valence-corrected chi connectivity index (χ0v) is 28.2. The zero-order chi connectivity index (χ0) is 30.7. The van der Waals surface area contributed by atoms with Gasteiger partial charge in [-0.25, -0.2) is 0 Å². The van der Waals surface area contributed by atoms with Gasteiger partial charge in [-0.1, -0.05) is 152 Å². The van der Waals surface area contributed by atoms with Crippen LogP contribution < -0.4 is 27.2 Å². The van der Waals surface area contributed by atoms with Gasteiger partial charge in [-0.2, -0.15) is 21.9 Å². The normalized spacial score (nSPS) is 16.1. The number of benzene rings is 5. The second-order valence-corrected chi connectivity index (χ2v) is 16.5. The van der Waals surface area contributed by atoms with E-state index in [-0.39, 0.29) is 7.92 Å². The van der Waals surface area contributed by atoms with Crippen molar-refractivity contribution in [3.05, 3.63) is 151 Å². The minimum atomic E-state index is -1.22. The second kappa shape index (κ2) is 15.7. The predicted molar refractivity (Wildman–Crippen MR) is 203 cm³/mol. The first-order valence-electron chi connectivity index (χ1n) is 17.6. The molecule has 0 saturated heterocycles. The van der Waals surface area contributed by atoms with Gasteiger partial charge in [0.05, 0.1) is 16.6 Å². The van der Waals surface area contributed by atoms with Crippen LogP contribution in [0.3, 0.4) is 0 Å². The molecule has 0 aromatic heterocycles. The molecule has 0 bridgehead atoms. The fourth-order valence-electron chi connectivity index (χ4n) is 8.62. The topological polar surface area (TPSA) is 0 Å². The number of rotatable bonds is 7. The predicted octanol–water partition coefficient (Wildman–Crippen LogP) is 8.56. The summed E-state index contributed by atoms with van der Waals surface area (Å²) < 4.78 is 0. The van der Waals surface area contributed by atoms with E-state index in [1.54, 1.807) is 10.9 Å². The maximum atomic E-state index is 2.48. The van der Waals surface area contributed by atoms with Crippen molar-refractivity contribution in [1.29, 1.82) is 0 Å². The highest BCUT2D eigenvalue weighted by atomic mass is 31.1. The molecule has 2 aliphatic rings. The number of aryl methyl sites for hydroxylation is 1. The third-order valence-corrected chi connectivity index (χ3v) is 14.8. The lowest BCUT2D eigenvalue weighted by Crippen LogP contribution is -2.74. The van der Waals surface area contributed by atoms with Gasteiger partial charge in [0.15, 0.2) is 0 Å². The fraction of sp³-hybridized carbons (Fsp3) is 0.302. The molecule has 5 aromatic rings. The van der Waals surface area contributed by atoms with Crippen LogP contribution in [0.5, 0.6) is 0 Å². The molecule has 0 spiro atoms. The molecule has 0 N–H and O–H groups in total. The highest BCUT2D eigenvalue weighted by Gasteiger charge is 2.39. The molecule has 45 heavy (non-hydrogen) atoms. The van der Waals surface area contributed by atoms with Crippen molar-refractivity contribution in [3.8, 4) is 0 Å². The molecule has 2 aliphatic carbocycles. The average Bonchev–Trinajstić information content (AvgIpc) is 3.13. The Hall–Kier alpha value is -3.41. The van der Waals surface area contributed by atoms with Crippen molar-refractivity contribution >= 4 is 41.2 Å². The third kappa shape index (κ3) is 7.21. The van der Waals surface area contributed by atoms with E-state index in [1.165, 1.54) is 86.1 Å². The van der Waals surface area contributed by atoms with Crippen molar-refractivity contribution in [3.63, 3.8) is 0 Å². The van der Waals surface area contributed by atoms with Crippen LogP contribution in [0.2, 0.25) is 0 Å². The largest absolute Gasteiger partial charge is 0.195 e. The van der Waals surface area contributed by atoms with Gasteiger partial charge in [-0.15, -0.1) is 0 Å². The average molecular weight is 609 g/mol. The Kier molecular flexibility index (Phi) is 11.0. The Morgan fingerprint density at radius 1 is 0.400 bits per heavy atom. The summed E-state index contributed by atoms with van der Waals surface area (Å²) in [7, 11) is -0.354. The third-order valence-electron chi connectivity index (χ3n) is 10.7. The first-order valence-corrected chi connectivity index (χ1v) is 19.2. The van der Waals surface area contributed by atoms with E-state index in [0.29, 0.717) is 0 Å². The maximum Gasteiger partial charge on any atom is 0.108 e. The van der Waals surface area contributed by atoms with Crippen molar-refractivity contribution in [1.82, 2.24) is 0 Å². The van der Waals surface area contributed by atoms with Crippen LogP contribution >= 0.6 is 7.92 Å². The molecule has 2 saturated carbocycles.